The number of hydrogen-bond acceptors (Lipinski definition) is 6. The summed E-state index contributed by atoms with van der Waals surface area (Å²) in [6.07, 6.45) is 2.23. The van der Waals surface area contributed by atoms with Crippen LogP contribution in [-0.2, 0) is 19.5 Å². The maximum absolute atomic E-state index is 4.25. The summed E-state index contributed by atoms with van der Waals surface area (Å²) in [4.78, 5) is 0. The summed E-state index contributed by atoms with van der Waals surface area (Å²) in [5, 5.41) is 17.8. The maximum atomic E-state index is 4.25. The minimum absolute atomic E-state index is 0.191. The van der Waals surface area contributed by atoms with Crippen molar-refractivity contribution in [2.75, 3.05) is 0 Å². The highest BCUT2D eigenvalue weighted by molar-refractivity contribution is 7.03. The van der Waals surface area contributed by atoms with Gasteiger partial charge in [0.05, 0.1) is 11.7 Å². The van der Waals surface area contributed by atoms with Crippen LogP contribution < -0.4 is 5.32 Å². The molecule has 0 aliphatic carbocycles. The van der Waals surface area contributed by atoms with Gasteiger partial charge in [0.25, 0.3) is 0 Å². The van der Waals surface area contributed by atoms with Crippen molar-refractivity contribution in [2.24, 2.45) is 0 Å². The normalized spacial score (nSPS) is 16.1. The second-order valence-electron chi connectivity index (χ2n) is 4.23. The minimum Gasteiger partial charge on any atom is -0.314 e. The number of aromatic nitrogens is 5. The summed E-state index contributed by atoms with van der Waals surface area (Å²) in [6.45, 7) is 3.87. The van der Waals surface area contributed by atoms with Gasteiger partial charge in [0.1, 0.15) is 11.6 Å². The van der Waals surface area contributed by atoms with E-state index >= 15 is 0 Å². The molecule has 3 rings (SSSR count). The van der Waals surface area contributed by atoms with Gasteiger partial charge in [-0.05, 0) is 24.9 Å². The fraction of sp³-hybridized carbons (Fsp3) is 0.600. The van der Waals surface area contributed by atoms with E-state index in [9.17, 15) is 0 Å². The molecule has 0 fully saturated rings. The third-order valence-corrected chi connectivity index (χ3v) is 3.57. The first-order valence-electron chi connectivity index (χ1n) is 5.76. The minimum atomic E-state index is 0.191. The molecule has 0 saturated heterocycles. The molecule has 1 N–H and O–H groups in total. The molecule has 17 heavy (non-hydrogen) atoms. The molecule has 3 heterocycles. The molecule has 0 aromatic carbocycles. The van der Waals surface area contributed by atoms with Crippen LogP contribution in [0, 0.1) is 0 Å². The van der Waals surface area contributed by atoms with Crippen LogP contribution in [0.2, 0.25) is 0 Å². The van der Waals surface area contributed by atoms with Crippen LogP contribution in [0.15, 0.2) is 5.38 Å². The maximum Gasteiger partial charge on any atom is 0.149 e. The van der Waals surface area contributed by atoms with E-state index in [-0.39, 0.29) is 6.04 Å². The van der Waals surface area contributed by atoms with Crippen molar-refractivity contribution in [1.29, 1.82) is 0 Å². The molecule has 2 aromatic heterocycles. The topological polar surface area (TPSA) is 68.5 Å². The lowest BCUT2D eigenvalue weighted by Crippen LogP contribution is -2.21. The molecule has 0 spiro atoms. The predicted octanol–water partition coefficient (Wildman–Crippen LogP) is 0.927. The van der Waals surface area contributed by atoms with Crippen LogP contribution in [0.5, 0.6) is 0 Å². The van der Waals surface area contributed by atoms with Crippen molar-refractivity contribution >= 4 is 11.5 Å². The molecule has 2 aromatic rings. The third kappa shape index (κ3) is 2.07. The molecule has 0 radical (unpaired) electrons. The van der Waals surface area contributed by atoms with E-state index in [1.807, 2.05) is 5.38 Å². The molecule has 7 heteroatoms. The lowest BCUT2D eigenvalue weighted by Gasteiger charge is -2.12. The van der Waals surface area contributed by atoms with E-state index in [0.717, 1.165) is 36.9 Å². The first-order chi connectivity index (χ1) is 8.34. The second-order valence-corrected chi connectivity index (χ2v) is 4.84. The zero-order chi connectivity index (χ0) is 11.7. The first kappa shape index (κ1) is 10.8. The van der Waals surface area contributed by atoms with Gasteiger partial charge >= 0.3 is 0 Å². The van der Waals surface area contributed by atoms with E-state index in [2.05, 4.69) is 36.6 Å². The summed E-state index contributed by atoms with van der Waals surface area (Å²) in [5.41, 5.74) is 0.975. The molecule has 1 aliphatic heterocycles. The second kappa shape index (κ2) is 4.50. The zero-order valence-corrected chi connectivity index (χ0v) is 10.4. The van der Waals surface area contributed by atoms with E-state index < -0.39 is 0 Å². The van der Waals surface area contributed by atoms with E-state index in [1.54, 1.807) is 0 Å². The number of aryl methyl sites for hydroxylation is 1. The fourth-order valence-corrected chi connectivity index (χ4v) is 2.55. The van der Waals surface area contributed by atoms with Gasteiger partial charge in [-0.2, -0.15) is 0 Å². The molecule has 0 bridgehead atoms. The van der Waals surface area contributed by atoms with Crippen molar-refractivity contribution in [3.05, 3.63) is 22.7 Å². The van der Waals surface area contributed by atoms with Crippen LogP contribution in [0.3, 0.4) is 0 Å². The summed E-state index contributed by atoms with van der Waals surface area (Å²) < 4.78 is 6.06. The number of nitrogens with zero attached hydrogens (tertiary/aromatic N) is 5. The number of fused-ring (bicyclic) bond motifs is 1. The van der Waals surface area contributed by atoms with E-state index in [1.165, 1.54) is 18.0 Å². The summed E-state index contributed by atoms with van der Waals surface area (Å²) in [5.74, 6) is 2.14. The molecular formula is C10H14N6S. The Morgan fingerprint density at radius 2 is 2.41 bits per heavy atom. The fourth-order valence-electron chi connectivity index (χ4n) is 2.10. The van der Waals surface area contributed by atoms with Crippen molar-refractivity contribution in [3.8, 4) is 0 Å². The van der Waals surface area contributed by atoms with Gasteiger partial charge in [-0.3, -0.25) is 0 Å². The van der Waals surface area contributed by atoms with Crippen LogP contribution in [-0.4, -0.2) is 24.4 Å². The van der Waals surface area contributed by atoms with E-state index in [0.29, 0.717) is 0 Å². The Hall–Kier alpha value is -1.34. The Balaban J connectivity index is 1.67. The smallest absolute Gasteiger partial charge is 0.149 e. The molecular weight excluding hydrogens is 236 g/mol. The lowest BCUT2D eigenvalue weighted by atomic mass is 10.3. The van der Waals surface area contributed by atoms with Gasteiger partial charge in [-0.15, -0.1) is 15.3 Å². The highest BCUT2D eigenvalue weighted by Gasteiger charge is 2.20. The number of rotatable bonds is 4. The number of nitrogens with one attached hydrogen (secondary N) is 1. The van der Waals surface area contributed by atoms with Crippen molar-refractivity contribution in [2.45, 2.75) is 38.9 Å². The average Bonchev–Trinajstić information content (AvgIpc) is 3.02. The lowest BCUT2D eigenvalue weighted by molar-refractivity contribution is 0.511. The summed E-state index contributed by atoms with van der Waals surface area (Å²) in [7, 11) is 0. The Morgan fingerprint density at radius 1 is 1.47 bits per heavy atom. The van der Waals surface area contributed by atoms with Crippen LogP contribution in [0.1, 0.15) is 36.7 Å². The van der Waals surface area contributed by atoms with Crippen LogP contribution in [0.25, 0.3) is 0 Å². The monoisotopic (exact) mass is 250 g/mol. The van der Waals surface area contributed by atoms with Gasteiger partial charge < -0.3 is 9.88 Å². The van der Waals surface area contributed by atoms with Gasteiger partial charge in [-0.1, -0.05) is 4.49 Å². The van der Waals surface area contributed by atoms with Crippen molar-refractivity contribution in [3.63, 3.8) is 0 Å². The van der Waals surface area contributed by atoms with Crippen molar-refractivity contribution < 1.29 is 0 Å². The van der Waals surface area contributed by atoms with Gasteiger partial charge in [0, 0.05) is 24.9 Å². The molecule has 6 nitrogen and oxygen atoms in total. The number of hydrogen-bond donors (Lipinski definition) is 1. The van der Waals surface area contributed by atoms with Crippen LogP contribution in [0.4, 0.5) is 0 Å². The average molecular weight is 250 g/mol. The highest BCUT2D eigenvalue weighted by Crippen LogP contribution is 2.19. The standard InChI is InChI=1S/C10H14N6S/c1-7(11-5-8-6-17-15-12-8)10-14-13-9-3-2-4-16(9)10/h6-7,11H,2-5H2,1H3. The predicted molar refractivity (Wildman–Crippen MR) is 63.5 cm³/mol. The molecule has 1 atom stereocenters. The van der Waals surface area contributed by atoms with Gasteiger partial charge in [-0.25, -0.2) is 0 Å². The molecule has 1 unspecified atom stereocenters. The van der Waals surface area contributed by atoms with E-state index in [4.69, 9.17) is 0 Å². The molecule has 0 saturated carbocycles. The SMILES string of the molecule is CC(NCc1csnn1)c1nnc2n1CCC2. The highest BCUT2D eigenvalue weighted by atomic mass is 32.1. The van der Waals surface area contributed by atoms with Gasteiger partial charge in [0.15, 0.2) is 0 Å². The molecule has 1 aliphatic rings. The molecule has 0 amide bonds. The summed E-state index contributed by atoms with van der Waals surface area (Å²) in [6, 6.07) is 0.191. The zero-order valence-electron chi connectivity index (χ0n) is 9.63. The third-order valence-electron chi connectivity index (χ3n) is 3.02. The first-order valence-corrected chi connectivity index (χ1v) is 6.59. The van der Waals surface area contributed by atoms with Crippen LogP contribution >= 0.6 is 11.5 Å². The Kier molecular flexibility index (Phi) is 2.86. The Labute approximate surface area is 103 Å². The largest absolute Gasteiger partial charge is 0.314 e. The Bertz CT molecular complexity index is 491. The van der Waals surface area contributed by atoms with Crippen molar-refractivity contribution in [1.82, 2.24) is 29.7 Å². The molecule has 90 valence electrons. The quantitative estimate of drug-likeness (QED) is 0.874. The Morgan fingerprint density at radius 3 is 3.24 bits per heavy atom. The summed E-state index contributed by atoms with van der Waals surface area (Å²) >= 11 is 1.37. The van der Waals surface area contributed by atoms with Gasteiger partial charge in [0.2, 0.25) is 0 Å².